The van der Waals surface area contributed by atoms with E-state index in [4.69, 9.17) is 4.74 Å². The van der Waals surface area contributed by atoms with Crippen LogP contribution in [-0.4, -0.2) is 53.0 Å². The molecular weight excluding hydrogens is 435 g/mol. The number of nitrogens with one attached hydrogen (secondary N) is 1. The Morgan fingerprint density at radius 3 is 2.62 bits per heavy atom. The Bertz CT molecular complexity index is 1140. The summed E-state index contributed by atoms with van der Waals surface area (Å²) >= 11 is 0. The summed E-state index contributed by atoms with van der Waals surface area (Å²) in [7, 11) is 1.58. The fraction of sp³-hybridized carbons (Fsp3) is 0.308. The number of benzene rings is 2. The predicted octanol–water partition coefficient (Wildman–Crippen LogP) is 4.51. The van der Waals surface area contributed by atoms with Crippen LogP contribution in [0, 0.1) is 5.82 Å². The number of urea groups is 1. The summed E-state index contributed by atoms with van der Waals surface area (Å²) in [4.78, 5) is 29.8. The quantitative estimate of drug-likeness (QED) is 0.560. The SMILES string of the molecule is CCCN(CC(=O)N1CCn2cccc2[C@@H]1c1cccc(F)c1)C(=O)Nc1ccc(OC)cc1. The van der Waals surface area contributed by atoms with Gasteiger partial charge in [-0.05, 0) is 60.5 Å². The zero-order chi connectivity index (χ0) is 24.1. The summed E-state index contributed by atoms with van der Waals surface area (Å²) in [6.07, 6.45) is 2.68. The largest absolute Gasteiger partial charge is 0.497 e. The molecule has 0 saturated carbocycles. The zero-order valence-electron chi connectivity index (χ0n) is 19.4. The summed E-state index contributed by atoms with van der Waals surface area (Å²) < 4.78 is 21.3. The Balaban J connectivity index is 1.53. The summed E-state index contributed by atoms with van der Waals surface area (Å²) in [5.41, 5.74) is 2.25. The van der Waals surface area contributed by atoms with E-state index in [-0.39, 0.29) is 24.3 Å². The third kappa shape index (κ3) is 5.06. The van der Waals surface area contributed by atoms with Crippen LogP contribution in [0.15, 0.2) is 66.9 Å². The van der Waals surface area contributed by atoms with Crippen LogP contribution in [0.4, 0.5) is 14.9 Å². The molecule has 0 fully saturated rings. The summed E-state index contributed by atoms with van der Waals surface area (Å²) in [6.45, 7) is 3.44. The van der Waals surface area contributed by atoms with Crippen molar-refractivity contribution in [3.05, 3.63) is 83.9 Å². The van der Waals surface area contributed by atoms with Gasteiger partial charge in [-0.2, -0.15) is 0 Å². The predicted molar refractivity (Wildman–Crippen MR) is 128 cm³/mol. The Morgan fingerprint density at radius 2 is 1.91 bits per heavy atom. The average Bonchev–Trinajstić information content (AvgIpc) is 3.32. The molecule has 8 heteroatoms. The van der Waals surface area contributed by atoms with Crippen molar-refractivity contribution in [2.75, 3.05) is 32.1 Å². The lowest BCUT2D eigenvalue weighted by Gasteiger charge is -2.38. The Hall–Kier alpha value is -3.81. The number of halogens is 1. The molecule has 0 spiro atoms. The number of nitrogens with zero attached hydrogens (tertiary/aromatic N) is 3. The first kappa shape index (κ1) is 23.4. The first-order chi connectivity index (χ1) is 16.5. The number of hydrogen-bond donors (Lipinski definition) is 1. The van der Waals surface area contributed by atoms with Gasteiger partial charge in [-0.25, -0.2) is 9.18 Å². The number of anilines is 1. The molecule has 1 aromatic heterocycles. The van der Waals surface area contributed by atoms with Crippen molar-refractivity contribution < 1.29 is 18.7 Å². The van der Waals surface area contributed by atoms with Crippen LogP contribution in [0.25, 0.3) is 0 Å². The maximum Gasteiger partial charge on any atom is 0.322 e. The lowest BCUT2D eigenvalue weighted by molar-refractivity contribution is -0.134. The molecule has 2 heterocycles. The van der Waals surface area contributed by atoms with Gasteiger partial charge in [-0.3, -0.25) is 4.79 Å². The minimum absolute atomic E-state index is 0.0671. The highest BCUT2D eigenvalue weighted by molar-refractivity contribution is 5.92. The normalized spacial score (nSPS) is 14.9. The summed E-state index contributed by atoms with van der Waals surface area (Å²) in [5.74, 6) is 0.164. The van der Waals surface area contributed by atoms with Gasteiger partial charge in [0.2, 0.25) is 5.91 Å². The number of methoxy groups -OCH3 is 1. The minimum atomic E-state index is -0.417. The van der Waals surface area contributed by atoms with Gasteiger partial charge in [-0.1, -0.05) is 19.1 Å². The number of fused-ring (bicyclic) bond motifs is 1. The smallest absolute Gasteiger partial charge is 0.322 e. The number of hydrogen-bond acceptors (Lipinski definition) is 3. The molecule has 7 nitrogen and oxygen atoms in total. The second-order valence-corrected chi connectivity index (χ2v) is 8.25. The number of carbonyl (C=O) groups excluding carboxylic acids is 2. The molecule has 3 aromatic rings. The Kier molecular flexibility index (Phi) is 7.15. The van der Waals surface area contributed by atoms with Crippen molar-refractivity contribution in [1.82, 2.24) is 14.4 Å². The standard InChI is InChI=1S/C26H29FN4O3/c1-3-13-30(26(33)28-21-9-11-22(34-2)12-10-21)18-24(32)31-16-15-29-14-5-8-23(29)25(31)19-6-4-7-20(27)17-19/h4-12,14,17,25H,3,13,15-16,18H2,1-2H3,(H,28,33)/t25-/m0/s1. The van der Waals surface area contributed by atoms with Gasteiger partial charge >= 0.3 is 6.03 Å². The first-order valence-corrected chi connectivity index (χ1v) is 11.4. The molecule has 1 N–H and O–H groups in total. The molecule has 0 saturated heterocycles. The van der Waals surface area contributed by atoms with E-state index in [2.05, 4.69) is 9.88 Å². The van der Waals surface area contributed by atoms with Crippen LogP contribution in [-0.2, 0) is 11.3 Å². The van der Waals surface area contributed by atoms with Gasteiger partial charge in [0.1, 0.15) is 18.1 Å². The molecule has 0 unspecified atom stereocenters. The number of ether oxygens (including phenoxy) is 1. The maximum atomic E-state index is 14.0. The first-order valence-electron chi connectivity index (χ1n) is 11.4. The number of rotatable bonds is 7. The molecule has 178 valence electrons. The summed E-state index contributed by atoms with van der Waals surface area (Å²) in [5, 5.41) is 2.86. The number of aromatic nitrogens is 1. The van der Waals surface area contributed by atoms with Crippen molar-refractivity contribution >= 4 is 17.6 Å². The zero-order valence-corrected chi connectivity index (χ0v) is 19.4. The molecule has 3 amide bonds. The van der Waals surface area contributed by atoms with Crippen LogP contribution in [0.5, 0.6) is 5.75 Å². The average molecular weight is 465 g/mol. The van der Waals surface area contributed by atoms with Crippen LogP contribution < -0.4 is 10.1 Å². The third-order valence-electron chi connectivity index (χ3n) is 5.97. The fourth-order valence-electron chi connectivity index (χ4n) is 4.33. The van der Waals surface area contributed by atoms with Gasteiger partial charge in [0.05, 0.1) is 13.2 Å². The van der Waals surface area contributed by atoms with Crippen LogP contribution in [0.1, 0.15) is 30.6 Å². The van der Waals surface area contributed by atoms with E-state index >= 15 is 0 Å². The molecule has 0 bridgehead atoms. The van der Waals surface area contributed by atoms with Crippen molar-refractivity contribution in [2.45, 2.75) is 25.9 Å². The molecule has 2 aromatic carbocycles. The van der Waals surface area contributed by atoms with Gasteiger partial charge in [-0.15, -0.1) is 0 Å². The monoisotopic (exact) mass is 464 g/mol. The highest BCUT2D eigenvalue weighted by atomic mass is 19.1. The van der Waals surface area contributed by atoms with Crippen molar-refractivity contribution in [2.24, 2.45) is 0 Å². The Labute approximate surface area is 198 Å². The third-order valence-corrected chi connectivity index (χ3v) is 5.97. The van der Waals surface area contributed by atoms with Crippen molar-refractivity contribution in [3.63, 3.8) is 0 Å². The lowest BCUT2D eigenvalue weighted by atomic mass is 9.99. The molecule has 1 aliphatic heterocycles. The lowest BCUT2D eigenvalue weighted by Crippen LogP contribution is -2.48. The minimum Gasteiger partial charge on any atom is -0.497 e. The number of amides is 3. The van der Waals surface area contributed by atoms with Crippen LogP contribution in [0.2, 0.25) is 0 Å². The summed E-state index contributed by atoms with van der Waals surface area (Å²) in [6, 6.07) is 16.5. The van der Waals surface area contributed by atoms with Crippen LogP contribution >= 0.6 is 0 Å². The molecule has 34 heavy (non-hydrogen) atoms. The van der Waals surface area contributed by atoms with E-state index in [0.717, 1.165) is 5.69 Å². The second-order valence-electron chi connectivity index (χ2n) is 8.25. The molecule has 1 atom stereocenters. The van der Waals surface area contributed by atoms with E-state index in [0.29, 0.717) is 43.1 Å². The highest BCUT2D eigenvalue weighted by Gasteiger charge is 2.33. The fourth-order valence-corrected chi connectivity index (χ4v) is 4.33. The molecular formula is C26H29FN4O3. The van der Waals surface area contributed by atoms with E-state index < -0.39 is 6.04 Å². The highest BCUT2D eigenvalue weighted by Crippen LogP contribution is 2.33. The van der Waals surface area contributed by atoms with Crippen molar-refractivity contribution in [1.29, 1.82) is 0 Å². The molecule has 0 aliphatic carbocycles. The number of carbonyl (C=O) groups is 2. The van der Waals surface area contributed by atoms with E-state index in [1.165, 1.54) is 17.0 Å². The molecule has 0 radical (unpaired) electrons. The van der Waals surface area contributed by atoms with E-state index in [1.807, 2.05) is 31.3 Å². The van der Waals surface area contributed by atoms with Crippen molar-refractivity contribution in [3.8, 4) is 5.75 Å². The molecule has 4 rings (SSSR count). The molecule has 1 aliphatic rings. The Morgan fingerprint density at radius 1 is 1.12 bits per heavy atom. The van der Waals surface area contributed by atoms with Gasteiger partial charge in [0.15, 0.2) is 0 Å². The maximum absolute atomic E-state index is 14.0. The van der Waals surface area contributed by atoms with Gasteiger partial charge < -0.3 is 24.4 Å². The van der Waals surface area contributed by atoms with Gasteiger partial charge in [0.25, 0.3) is 0 Å². The van der Waals surface area contributed by atoms with Gasteiger partial charge in [0, 0.05) is 37.2 Å². The van der Waals surface area contributed by atoms with E-state index in [1.54, 1.807) is 42.3 Å². The topological polar surface area (TPSA) is 66.8 Å². The van der Waals surface area contributed by atoms with E-state index in [9.17, 15) is 14.0 Å². The van der Waals surface area contributed by atoms with Crippen LogP contribution in [0.3, 0.4) is 0 Å². The second kappa shape index (κ2) is 10.4.